The van der Waals surface area contributed by atoms with Crippen LogP contribution in [0.1, 0.15) is 6.92 Å². The van der Waals surface area contributed by atoms with E-state index < -0.39 is 6.10 Å². The summed E-state index contributed by atoms with van der Waals surface area (Å²) in [6.07, 6.45) is -0.436. The smallest absolute Gasteiger partial charge is 0.267 e. The molecule has 4 nitrogen and oxygen atoms in total. The zero-order valence-electron chi connectivity index (χ0n) is 8.15. The molecule has 0 fully saturated rings. The molecular formula is C10H12N2O2. The minimum atomic E-state index is -0.436. The zero-order valence-corrected chi connectivity index (χ0v) is 8.15. The minimum absolute atomic E-state index is 0.0396. The molecule has 0 aliphatic carbocycles. The van der Waals surface area contributed by atoms with Crippen LogP contribution in [0.25, 0.3) is 0 Å². The number of rotatable bonds is 0. The van der Waals surface area contributed by atoms with Crippen LogP contribution in [0.5, 0.6) is 5.75 Å². The van der Waals surface area contributed by atoms with Gasteiger partial charge in [-0.15, -0.1) is 0 Å². The number of ether oxygens (including phenoxy) is 1. The number of carbonyl (C=O) groups is 1. The normalized spacial score (nSPS) is 20.3. The quantitative estimate of drug-likeness (QED) is 0.624. The van der Waals surface area contributed by atoms with Crippen molar-refractivity contribution in [3.05, 3.63) is 18.2 Å². The van der Waals surface area contributed by atoms with Crippen molar-refractivity contribution in [2.75, 3.05) is 17.7 Å². The van der Waals surface area contributed by atoms with Gasteiger partial charge in [-0.3, -0.25) is 4.79 Å². The van der Waals surface area contributed by atoms with Gasteiger partial charge in [-0.25, -0.2) is 0 Å². The maximum absolute atomic E-state index is 11.5. The van der Waals surface area contributed by atoms with E-state index in [1.165, 1.54) is 0 Å². The number of carbonyl (C=O) groups excluding carboxylic acids is 1. The van der Waals surface area contributed by atoms with Gasteiger partial charge in [-0.1, -0.05) is 0 Å². The molecule has 0 aromatic heterocycles. The highest BCUT2D eigenvalue weighted by Gasteiger charge is 2.28. The second-order valence-electron chi connectivity index (χ2n) is 3.38. The van der Waals surface area contributed by atoms with Crippen molar-refractivity contribution < 1.29 is 9.53 Å². The van der Waals surface area contributed by atoms with E-state index in [1.54, 1.807) is 37.1 Å². The van der Waals surface area contributed by atoms with Gasteiger partial charge in [-0.2, -0.15) is 0 Å². The summed E-state index contributed by atoms with van der Waals surface area (Å²) in [6, 6.07) is 5.27. The molecule has 1 aliphatic rings. The maximum atomic E-state index is 11.5. The van der Waals surface area contributed by atoms with Crippen molar-refractivity contribution in [3.8, 4) is 5.75 Å². The molecule has 0 bridgehead atoms. The van der Waals surface area contributed by atoms with E-state index in [0.717, 1.165) is 5.69 Å². The van der Waals surface area contributed by atoms with E-state index in [-0.39, 0.29) is 5.91 Å². The summed E-state index contributed by atoms with van der Waals surface area (Å²) in [6.45, 7) is 1.73. The van der Waals surface area contributed by atoms with Crippen molar-refractivity contribution >= 4 is 17.3 Å². The number of anilines is 2. The lowest BCUT2D eigenvalue weighted by molar-refractivity contribution is -0.125. The monoisotopic (exact) mass is 192 g/mol. The summed E-state index contributed by atoms with van der Waals surface area (Å²) in [5, 5.41) is 0. The maximum Gasteiger partial charge on any atom is 0.267 e. The molecular weight excluding hydrogens is 180 g/mol. The number of hydrogen-bond donors (Lipinski definition) is 1. The Morgan fingerprint density at radius 3 is 2.93 bits per heavy atom. The van der Waals surface area contributed by atoms with Gasteiger partial charge in [0.2, 0.25) is 0 Å². The standard InChI is InChI=1S/C10H12N2O2/c1-6-10(13)12(2)8-4-3-7(11)5-9(8)14-6/h3-6H,11H2,1-2H3/t6-/m1/s1. The zero-order chi connectivity index (χ0) is 10.3. The van der Waals surface area contributed by atoms with Crippen LogP contribution < -0.4 is 15.4 Å². The average Bonchev–Trinajstić information content (AvgIpc) is 2.14. The molecule has 14 heavy (non-hydrogen) atoms. The van der Waals surface area contributed by atoms with Crippen LogP contribution in [0, 0.1) is 0 Å². The van der Waals surface area contributed by atoms with Gasteiger partial charge < -0.3 is 15.4 Å². The third-order valence-corrected chi connectivity index (χ3v) is 2.33. The van der Waals surface area contributed by atoms with Gasteiger partial charge in [0.05, 0.1) is 5.69 Å². The number of fused-ring (bicyclic) bond motifs is 1. The number of amides is 1. The predicted octanol–water partition coefficient (Wildman–Crippen LogP) is 1.01. The summed E-state index contributed by atoms with van der Waals surface area (Å²) >= 11 is 0. The lowest BCUT2D eigenvalue weighted by Gasteiger charge is -2.30. The van der Waals surface area contributed by atoms with E-state index in [4.69, 9.17) is 10.5 Å². The van der Waals surface area contributed by atoms with Gasteiger partial charge >= 0.3 is 0 Å². The third kappa shape index (κ3) is 1.19. The Labute approximate surface area is 82.3 Å². The van der Waals surface area contributed by atoms with Crippen LogP contribution in [0.3, 0.4) is 0 Å². The molecule has 1 aliphatic heterocycles. The number of nitrogen functional groups attached to an aromatic ring is 1. The molecule has 4 heteroatoms. The second-order valence-corrected chi connectivity index (χ2v) is 3.38. The van der Waals surface area contributed by atoms with Crippen LogP contribution in [0.4, 0.5) is 11.4 Å². The van der Waals surface area contributed by atoms with Crippen LogP contribution in [-0.4, -0.2) is 19.1 Å². The van der Waals surface area contributed by atoms with Crippen molar-refractivity contribution in [1.29, 1.82) is 0 Å². The lowest BCUT2D eigenvalue weighted by Crippen LogP contribution is -2.41. The van der Waals surface area contributed by atoms with Crippen molar-refractivity contribution in [2.24, 2.45) is 0 Å². The molecule has 0 saturated heterocycles. The summed E-state index contributed by atoms with van der Waals surface area (Å²) in [7, 11) is 1.73. The highest BCUT2D eigenvalue weighted by Crippen LogP contribution is 2.34. The molecule has 0 unspecified atom stereocenters. The molecule has 1 aromatic carbocycles. The first-order valence-corrected chi connectivity index (χ1v) is 4.43. The van der Waals surface area contributed by atoms with Crippen molar-refractivity contribution in [2.45, 2.75) is 13.0 Å². The number of hydrogen-bond acceptors (Lipinski definition) is 3. The third-order valence-electron chi connectivity index (χ3n) is 2.33. The van der Waals surface area contributed by atoms with Gasteiger partial charge in [0, 0.05) is 18.8 Å². The van der Waals surface area contributed by atoms with E-state index in [0.29, 0.717) is 11.4 Å². The van der Waals surface area contributed by atoms with E-state index >= 15 is 0 Å². The fourth-order valence-electron chi connectivity index (χ4n) is 1.53. The molecule has 1 atom stereocenters. The Morgan fingerprint density at radius 2 is 2.21 bits per heavy atom. The number of nitrogens with two attached hydrogens (primary N) is 1. The molecule has 1 aromatic rings. The van der Waals surface area contributed by atoms with Gasteiger partial charge in [-0.05, 0) is 19.1 Å². The minimum Gasteiger partial charge on any atom is -0.479 e. The summed E-state index contributed by atoms with van der Waals surface area (Å²) < 4.78 is 5.42. The number of likely N-dealkylation sites (N-methyl/N-ethyl adjacent to an activating group) is 1. The molecule has 2 N–H and O–H groups in total. The van der Waals surface area contributed by atoms with Crippen molar-refractivity contribution in [3.63, 3.8) is 0 Å². The Kier molecular flexibility index (Phi) is 1.84. The summed E-state index contributed by atoms with van der Waals surface area (Å²) in [5.74, 6) is 0.627. The molecule has 1 heterocycles. The molecule has 0 radical (unpaired) electrons. The first-order chi connectivity index (χ1) is 6.59. The Morgan fingerprint density at radius 1 is 1.50 bits per heavy atom. The SMILES string of the molecule is C[C@H]1Oc2cc(N)ccc2N(C)C1=O. The van der Waals surface area contributed by atoms with Gasteiger partial charge in [0.15, 0.2) is 6.10 Å². The first-order valence-electron chi connectivity index (χ1n) is 4.43. The summed E-state index contributed by atoms with van der Waals surface area (Å²) in [4.78, 5) is 13.1. The van der Waals surface area contributed by atoms with Gasteiger partial charge in [0.25, 0.3) is 5.91 Å². The molecule has 1 amide bonds. The average molecular weight is 192 g/mol. The van der Waals surface area contributed by atoms with E-state index in [2.05, 4.69) is 0 Å². The topological polar surface area (TPSA) is 55.6 Å². The van der Waals surface area contributed by atoms with Crippen molar-refractivity contribution in [1.82, 2.24) is 0 Å². The number of benzene rings is 1. The van der Waals surface area contributed by atoms with Crippen LogP contribution in [0.15, 0.2) is 18.2 Å². The Balaban J connectivity index is 2.50. The Hall–Kier alpha value is -1.71. The predicted molar refractivity (Wildman–Crippen MR) is 54.4 cm³/mol. The number of nitrogens with zero attached hydrogens (tertiary/aromatic N) is 1. The molecule has 74 valence electrons. The second kappa shape index (κ2) is 2.90. The summed E-state index contributed by atoms with van der Waals surface area (Å²) in [5.41, 5.74) is 7.03. The van der Waals surface area contributed by atoms with E-state index in [9.17, 15) is 4.79 Å². The fraction of sp³-hybridized carbons (Fsp3) is 0.300. The first kappa shape index (κ1) is 8.87. The van der Waals surface area contributed by atoms with Crippen LogP contribution in [0.2, 0.25) is 0 Å². The lowest BCUT2D eigenvalue weighted by atomic mass is 10.2. The Bertz CT molecular complexity index is 390. The molecule has 0 saturated carbocycles. The van der Waals surface area contributed by atoms with E-state index in [1.807, 2.05) is 0 Å². The highest BCUT2D eigenvalue weighted by molar-refractivity contribution is 5.99. The highest BCUT2D eigenvalue weighted by atomic mass is 16.5. The largest absolute Gasteiger partial charge is 0.479 e. The van der Waals surface area contributed by atoms with Crippen LogP contribution in [-0.2, 0) is 4.79 Å². The fourth-order valence-corrected chi connectivity index (χ4v) is 1.53. The molecule has 0 spiro atoms. The molecule has 2 rings (SSSR count). The van der Waals surface area contributed by atoms with Gasteiger partial charge in [0.1, 0.15) is 5.75 Å². The van der Waals surface area contributed by atoms with Crippen LogP contribution >= 0.6 is 0 Å².